The largest absolute Gasteiger partial charge is 0.478 e. The van der Waals surface area contributed by atoms with Crippen molar-refractivity contribution in [3.05, 3.63) is 100 Å². The van der Waals surface area contributed by atoms with Crippen molar-refractivity contribution in [1.29, 1.82) is 5.41 Å². The van der Waals surface area contributed by atoms with Crippen LogP contribution in [0.5, 0.6) is 5.88 Å². The van der Waals surface area contributed by atoms with Gasteiger partial charge in [0.1, 0.15) is 18.3 Å². The molecule has 2 aromatic carbocycles. The third kappa shape index (κ3) is 8.02. The lowest BCUT2D eigenvalue weighted by molar-refractivity contribution is 0.0697. The van der Waals surface area contributed by atoms with Gasteiger partial charge in [-0.1, -0.05) is 36.4 Å². The summed E-state index contributed by atoms with van der Waals surface area (Å²) in [5.74, 6) is -0.562. The van der Waals surface area contributed by atoms with Crippen LogP contribution < -0.4 is 9.64 Å². The number of aryl methyl sites for hydroxylation is 1. The minimum atomic E-state index is -1.01. The second-order valence-corrected chi connectivity index (χ2v) is 10.7. The van der Waals surface area contributed by atoms with Crippen LogP contribution >= 0.6 is 11.6 Å². The number of carboxylic acids is 1. The third-order valence-corrected chi connectivity index (χ3v) is 7.50. The zero-order chi connectivity index (χ0) is 30.2. The zero-order valence-corrected chi connectivity index (χ0v) is 24.6. The highest BCUT2D eigenvalue weighted by Gasteiger charge is 2.25. The van der Waals surface area contributed by atoms with Gasteiger partial charge in [0.2, 0.25) is 5.88 Å². The molecule has 0 spiro atoms. The van der Waals surface area contributed by atoms with Crippen LogP contribution in [-0.2, 0) is 6.61 Å². The van der Waals surface area contributed by atoms with E-state index in [1.807, 2.05) is 24.0 Å². The maximum Gasteiger partial charge on any atom is 0.335 e. The average molecular weight is 592 g/mol. The van der Waals surface area contributed by atoms with Crippen molar-refractivity contribution < 1.29 is 19.0 Å². The highest BCUT2D eigenvalue weighted by Crippen LogP contribution is 2.30. The Kier molecular flexibility index (Phi) is 10.4. The minimum Gasteiger partial charge on any atom is -0.478 e. The number of carbonyl (C=O) groups is 1. The van der Waals surface area contributed by atoms with Gasteiger partial charge < -0.3 is 14.7 Å². The smallest absolute Gasteiger partial charge is 0.335 e. The molecule has 1 aliphatic rings. The molecule has 0 bridgehead atoms. The molecule has 4 rings (SSSR count). The topological polar surface area (TPSA) is 102 Å². The van der Waals surface area contributed by atoms with E-state index in [0.717, 1.165) is 42.9 Å². The van der Waals surface area contributed by atoms with Crippen molar-refractivity contribution in [3.8, 4) is 5.88 Å². The first-order valence-electron chi connectivity index (χ1n) is 13.8. The van der Waals surface area contributed by atoms with Gasteiger partial charge in [0, 0.05) is 52.4 Å². The van der Waals surface area contributed by atoms with Crippen LogP contribution in [0.1, 0.15) is 52.9 Å². The minimum absolute atomic E-state index is 0.0619. The fourth-order valence-corrected chi connectivity index (χ4v) is 5.17. The molecule has 2 heterocycles. The van der Waals surface area contributed by atoms with E-state index >= 15 is 0 Å². The number of nitrogens with one attached hydrogen (secondary N) is 1. The van der Waals surface area contributed by atoms with Crippen LogP contribution in [0.3, 0.4) is 0 Å². The molecule has 42 heavy (non-hydrogen) atoms. The Labute approximate surface area is 250 Å². The number of likely N-dealkylation sites (tertiary alicyclic amines) is 1. The molecule has 3 aromatic rings. The predicted molar refractivity (Wildman–Crippen MR) is 165 cm³/mol. The van der Waals surface area contributed by atoms with E-state index in [1.54, 1.807) is 49.5 Å². The molecule has 0 amide bonds. The van der Waals surface area contributed by atoms with Crippen LogP contribution in [0.25, 0.3) is 0 Å². The number of piperidine rings is 1. The SMILES string of the molecule is C=C(CN1CCC(c2cccc(OCc3ccc(Cl)cc3F)n2)CC1)N(CC(=N)N=CC)c1cc(C(=O)O)ccc1C. The van der Waals surface area contributed by atoms with Crippen LogP contribution in [0.15, 0.2) is 71.9 Å². The molecule has 220 valence electrons. The first-order chi connectivity index (χ1) is 20.1. The number of aromatic nitrogens is 1. The Morgan fingerprint density at radius 2 is 2.02 bits per heavy atom. The van der Waals surface area contributed by atoms with E-state index < -0.39 is 11.8 Å². The Morgan fingerprint density at radius 3 is 2.71 bits per heavy atom. The van der Waals surface area contributed by atoms with Crippen molar-refractivity contribution >= 4 is 35.3 Å². The monoisotopic (exact) mass is 591 g/mol. The molecule has 0 unspecified atom stereocenters. The van der Waals surface area contributed by atoms with Crippen LogP contribution in [0.4, 0.5) is 10.1 Å². The number of pyridine rings is 1. The summed E-state index contributed by atoms with van der Waals surface area (Å²) in [4.78, 5) is 24.6. The molecular weight excluding hydrogens is 557 g/mol. The number of aromatic carboxylic acids is 1. The van der Waals surface area contributed by atoms with Crippen molar-refractivity contribution in [1.82, 2.24) is 9.88 Å². The Hall–Kier alpha value is -4.08. The predicted octanol–water partition coefficient (Wildman–Crippen LogP) is 6.73. The van der Waals surface area contributed by atoms with Crippen molar-refractivity contribution in [2.24, 2.45) is 4.99 Å². The lowest BCUT2D eigenvalue weighted by Crippen LogP contribution is -2.39. The summed E-state index contributed by atoms with van der Waals surface area (Å²) in [6.45, 7) is 10.4. The number of benzene rings is 2. The zero-order valence-electron chi connectivity index (χ0n) is 23.8. The molecule has 1 saturated heterocycles. The van der Waals surface area contributed by atoms with E-state index in [2.05, 4.69) is 16.5 Å². The number of hydrogen-bond acceptors (Lipinski definition) is 6. The van der Waals surface area contributed by atoms with Crippen LogP contribution in [0, 0.1) is 18.2 Å². The summed E-state index contributed by atoms with van der Waals surface area (Å²) < 4.78 is 19.9. The van der Waals surface area contributed by atoms with Gasteiger partial charge in [-0.25, -0.2) is 19.2 Å². The fourth-order valence-electron chi connectivity index (χ4n) is 5.01. The summed E-state index contributed by atoms with van der Waals surface area (Å²) in [7, 11) is 0. The number of aliphatic imine (C=N–C) groups is 1. The first-order valence-corrected chi connectivity index (χ1v) is 14.1. The lowest BCUT2D eigenvalue weighted by Gasteiger charge is -2.35. The highest BCUT2D eigenvalue weighted by atomic mass is 35.5. The van der Waals surface area contributed by atoms with Gasteiger partial charge in [0.15, 0.2) is 0 Å². The second kappa shape index (κ2) is 14.2. The maximum atomic E-state index is 14.1. The number of nitrogens with zero attached hydrogens (tertiary/aromatic N) is 4. The number of amidine groups is 1. The van der Waals surface area contributed by atoms with Gasteiger partial charge in [-0.3, -0.25) is 10.3 Å². The van der Waals surface area contributed by atoms with Gasteiger partial charge in [-0.2, -0.15) is 0 Å². The Balaban J connectivity index is 1.39. The molecule has 1 aromatic heterocycles. The number of anilines is 1. The molecule has 0 aliphatic carbocycles. The number of ether oxygens (including phenoxy) is 1. The van der Waals surface area contributed by atoms with Crippen LogP contribution in [-0.4, -0.2) is 59.2 Å². The normalized spacial score (nSPS) is 14.2. The highest BCUT2D eigenvalue weighted by molar-refractivity contribution is 6.30. The van der Waals surface area contributed by atoms with Crippen molar-refractivity contribution in [3.63, 3.8) is 0 Å². The quantitative estimate of drug-likeness (QED) is 0.189. The molecular formula is C32H35ClFN5O3. The van der Waals surface area contributed by atoms with Gasteiger partial charge in [0.25, 0.3) is 0 Å². The molecule has 0 saturated carbocycles. The van der Waals surface area contributed by atoms with Crippen LogP contribution in [0.2, 0.25) is 5.02 Å². The number of carboxylic acid groups (broad SMARTS) is 1. The van der Waals surface area contributed by atoms with Gasteiger partial charge in [-0.15, -0.1) is 0 Å². The molecule has 10 heteroatoms. The number of halogens is 2. The standard InChI is InChI=1S/C32H35ClFN5O3/c1-4-36-30(35)19-39(29-16-24(32(40)41)9-8-21(29)2)22(3)18-38-14-12-23(13-15-38)28-6-5-7-31(37-28)42-20-25-10-11-26(33)17-27(25)34/h4-11,16-17,23,35H,3,12-15,18-20H2,1-2H3,(H,40,41). The summed E-state index contributed by atoms with van der Waals surface area (Å²) >= 11 is 5.84. The van der Waals surface area contributed by atoms with E-state index in [0.29, 0.717) is 28.7 Å². The second-order valence-electron chi connectivity index (χ2n) is 10.3. The summed E-state index contributed by atoms with van der Waals surface area (Å²) in [5, 5.41) is 18.2. The number of rotatable bonds is 11. The average Bonchev–Trinajstić information content (AvgIpc) is 2.96. The summed E-state index contributed by atoms with van der Waals surface area (Å²) in [6, 6.07) is 15.1. The van der Waals surface area contributed by atoms with Gasteiger partial charge in [0.05, 0.1) is 12.1 Å². The van der Waals surface area contributed by atoms with Crippen molar-refractivity contribution in [2.45, 2.75) is 39.2 Å². The summed E-state index contributed by atoms with van der Waals surface area (Å²) in [6.07, 6.45) is 3.34. The maximum absolute atomic E-state index is 14.1. The molecule has 0 atom stereocenters. The molecule has 8 nitrogen and oxygen atoms in total. The van der Waals surface area contributed by atoms with Gasteiger partial charge >= 0.3 is 5.97 Å². The molecule has 1 aliphatic heterocycles. The Bertz CT molecular complexity index is 1490. The van der Waals surface area contributed by atoms with E-state index in [4.69, 9.17) is 26.7 Å². The first kappa shape index (κ1) is 30.9. The third-order valence-electron chi connectivity index (χ3n) is 7.27. The van der Waals surface area contributed by atoms with E-state index in [9.17, 15) is 14.3 Å². The molecule has 1 fully saturated rings. The van der Waals surface area contributed by atoms with Gasteiger partial charge in [-0.05, 0) is 75.7 Å². The number of hydrogen-bond donors (Lipinski definition) is 2. The van der Waals surface area contributed by atoms with Crippen molar-refractivity contribution in [2.75, 3.05) is 31.1 Å². The molecule has 2 N–H and O–H groups in total. The summed E-state index contributed by atoms with van der Waals surface area (Å²) in [5.41, 5.74) is 3.88. The van der Waals surface area contributed by atoms with E-state index in [-0.39, 0.29) is 30.5 Å². The fraction of sp³-hybridized carbons (Fsp3) is 0.312. The lowest BCUT2D eigenvalue weighted by atomic mass is 9.93. The molecule has 0 radical (unpaired) electrons. The van der Waals surface area contributed by atoms with E-state index in [1.165, 1.54) is 6.07 Å². The Morgan fingerprint density at radius 1 is 1.26 bits per heavy atom.